The van der Waals surface area contributed by atoms with E-state index in [4.69, 9.17) is 9.47 Å². The van der Waals surface area contributed by atoms with Gasteiger partial charge in [-0.25, -0.2) is 8.42 Å². The molecule has 8 heteroatoms. The van der Waals surface area contributed by atoms with Crippen molar-refractivity contribution < 1.29 is 17.9 Å². The molecule has 0 N–H and O–H groups in total. The number of hydrogen-bond donors (Lipinski definition) is 0. The fraction of sp³-hybridized carbons (Fsp3) is 0.455. The van der Waals surface area contributed by atoms with Crippen molar-refractivity contribution in [3.8, 4) is 11.5 Å². The van der Waals surface area contributed by atoms with Crippen molar-refractivity contribution >= 4 is 15.7 Å². The lowest BCUT2D eigenvalue weighted by Crippen LogP contribution is -2.47. The Balaban J connectivity index is 1.63. The lowest BCUT2D eigenvalue weighted by atomic mass is 10.2. The molecule has 0 aromatic heterocycles. The molecule has 0 spiro atoms. The summed E-state index contributed by atoms with van der Waals surface area (Å²) < 4.78 is 39.9. The normalized spacial score (nSPS) is 17.7. The zero-order valence-corrected chi connectivity index (χ0v) is 18.4. The third-order valence-corrected chi connectivity index (χ3v) is 7.48. The number of ether oxygens (including phenoxy) is 2. The van der Waals surface area contributed by atoms with Gasteiger partial charge >= 0.3 is 0 Å². The van der Waals surface area contributed by atoms with E-state index in [1.807, 2.05) is 19.1 Å². The van der Waals surface area contributed by atoms with Gasteiger partial charge in [0, 0.05) is 45.3 Å². The van der Waals surface area contributed by atoms with Crippen LogP contribution < -0.4 is 13.8 Å². The van der Waals surface area contributed by atoms with E-state index in [-0.39, 0.29) is 0 Å². The Kier molecular flexibility index (Phi) is 6.17. The maximum Gasteiger partial charge on any atom is 0.264 e. The number of rotatable bonds is 6. The quantitative estimate of drug-likeness (QED) is 0.699. The van der Waals surface area contributed by atoms with Crippen LogP contribution in [0.4, 0.5) is 5.69 Å². The maximum absolute atomic E-state index is 13.6. The molecule has 7 nitrogen and oxygen atoms in total. The van der Waals surface area contributed by atoms with Crippen LogP contribution in [0, 0.1) is 6.92 Å². The lowest BCUT2D eigenvalue weighted by molar-refractivity contribution is 0.157. The molecule has 2 heterocycles. The van der Waals surface area contributed by atoms with E-state index in [0.29, 0.717) is 48.4 Å². The minimum Gasteiger partial charge on any atom is -0.486 e. The molecule has 0 bridgehead atoms. The van der Waals surface area contributed by atoms with Gasteiger partial charge in [0.2, 0.25) is 0 Å². The average molecular weight is 432 g/mol. The number of sulfonamides is 1. The Hall–Kier alpha value is -2.29. The van der Waals surface area contributed by atoms with Gasteiger partial charge in [-0.3, -0.25) is 9.21 Å². The predicted octanol–water partition coefficient (Wildman–Crippen LogP) is 2.21. The first-order valence-electron chi connectivity index (χ1n) is 10.3. The summed E-state index contributed by atoms with van der Waals surface area (Å²) in [5, 5.41) is 0. The molecule has 0 radical (unpaired) electrons. The van der Waals surface area contributed by atoms with Crippen molar-refractivity contribution in [2.45, 2.75) is 11.8 Å². The molecule has 2 aliphatic rings. The summed E-state index contributed by atoms with van der Waals surface area (Å²) in [7, 11) is -1.60. The zero-order valence-electron chi connectivity index (χ0n) is 17.6. The molecule has 0 unspecified atom stereocenters. The minimum atomic E-state index is -3.71. The fourth-order valence-corrected chi connectivity index (χ4v) is 5.16. The van der Waals surface area contributed by atoms with Crippen molar-refractivity contribution in [1.29, 1.82) is 0 Å². The highest BCUT2D eigenvalue weighted by atomic mass is 32.2. The van der Waals surface area contributed by atoms with E-state index >= 15 is 0 Å². The summed E-state index contributed by atoms with van der Waals surface area (Å²) in [6, 6.07) is 12.4. The molecule has 162 valence electrons. The van der Waals surface area contributed by atoms with Gasteiger partial charge in [-0.2, -0.15) is 0 Å². The van der Waals surface area contributed by atoms with Crippen LogP contribution in [0.3, 0.4) is 0 Å². The summed E-state index contributed by atoms with van der Waals surface area (Å²) in [4.78, 5) is 4.90. The highest BCUT2D eigenvalue weighted by molar-refractivity contribution is 7.92. The fourth-order valence-electron chi connectivity index (χ4n) is 3.72. The lowest BCUT2D eigenvalue weighted by Gasteiger charge is -2.34. The van der Waals surface area contributed by atoms with Crippen LogP contribution in [0.1, 0.15) is 5.56 Å². The number of benzene rings is 2. The highest BCUT2D eigenvalue weighted by Crippen LogP contribution is 2.35. The monoisotopic (exact) mass is 431 g/mol. The van der Waals surface area contributed by atoms with Gasteiger partial charge in [-0.05, 0) is 38.2 Å². The molecule has 2 aromatic rings. The van der Waals surface area contributed by atoms with Gasteiger partial charge in [0.25, 0.3) is 10.0 Å². The van der Waals surface area contributed by atoms with E-state index < -0.39 is 10.0 Å². The van der Waals surface area contributed by atoms with Crippen LogP contribution in [0.25, 0.3) is 0 Å². The molecule has 2 aromatic carbocycles. The molecule has 2 aliphatic heterocycles. The second-order valence-corrected chi connectivity index (χ2v) is 9.73. The minimum absolute atomic E-state index is 0.293. The molecule has 0 saturated carbocycles. The first kappa shape index (κ1) is 21.0. The molecule has 0 atom stereocenters. The van der Waals surface area contributed by atoms with Crippen LogP contribution in [-0.2, 0) is 10.0 Å². The number of nitrogens with zero attached hydrogens (tertiary/aromatic N) is 3. The van der Waals surface area contributed by atoms with Gasteiger partial charge in [0.15, 0.2) is 11.5 Å². The number of hydrogen-bond acceptors (Lipinski definition) is 6. The van der Waals surface area contributed by atoms with E-state index in [1.54, 1.807) is 30.3 Å². The van der Waals surface area contributed by atoms with Crippen molar-refractivity contribution in [2.75, 3.05) is 63.8 Å². The van der Waals surface area contributed by atoms with Crippen molar-refractivity contribution in [3.63, 3.8) is 0 Å². The number of fused-ring (bicyclic) bond motifs is 1. The standard InChI is InChI=1S/C22H29N3O4S/c1-18-3-6-20(7-4-18)30(26,27)25(14-13-24-11-9-23(2)10-12-24)19-5-8-21-22(17-19)29-16-15-28-21/h3-8,17H,9-16H2,1-2H3. The molecule has 4 rings (SSSR count). The second-order valence-electron chi connectivity index (χ2n) is 7.86. The van der Waals surface area contributed by atoms with Crippen LogP contribution in [0.2, 0.25) is 0 Å². The molecular formula is C22H29N3O4S. The first-order chi connectivity index (χ1) is 14.4. The van der Waals surface area contributed by atoms with E-state index in [2.05, 4.69) is 16.8 Å². The number of likely N-dealkylation sites (N-methyl/N-ethyl adjacent to an activating group) is 1. The molecule has 0 aliphatic carbocycles. The Morgan fingerprint density at radius 3 is 2.30 bits per heavy atom. The Labute approximate surface area is 178 Å². The smallest absolute Gasteiger partial charge is 0.264 e. The van der Waals surface area contributed by atoms with Crippen molar-refractivity contribution in [1.82, 2.24) is 9.80 Å². The van der Waals surface area contributed by atoms with Gasteiger partial charge in [-0.1, -0.05) is 17.7 Å². The summed E-state index contributed by atoms with van der Waals surface area (Å²) in [6.07, 6.45) is 0. The maximum atomic E-state index is 13.6. The van der Waals surface area contributed by atoms with Gasteiger partial charge < -0.3 is 14.4 Å². The molecule has 1 saturated heterocycles. The molecule has 30 heavy (non-hydrogen) atoms. The number of piperazine rings is 1. The largest absolute Gasteiger partial charge is 0.486 e. The van der Waals surface area contributed by atoms with Crippen molar-refractivity contribution in [2.24, 2.45) is 0 Å². The van der Waals surface area contributed by atoms with Gasteiger partial charge in [0.05, 0.1) is 10.6 Å². The Morgan fingerprint density at radius 1 is 0.933 bits per heavy atom. The molecule has 1 fully saturated rings. The van der Waals surface area contributed by atoms with Crippen LogP contribution in [-0.4, -0.2) is 77.7 Å². The van der Waals surface area contributed by atoms with Crippen LogP contribution in [0.5, 0.6) is 11.5 Å². The van der Waals surface area contributed by atoms with Crippen LogP contribution >= 0.6 is 0 Å². The zero-order chi connectivity index (χ0) is 21.1. The predicted molar refractivity (Wildman–Crippen MR) is 117 cm³/mol. The third-order valence-electron chi connectivity index (χ3n) is 5.64. The SMILES string of the molecule is Cc1ccc(S(=O)(=O)N(CCN2CCN(C)CC2)c2ccc3c(c2)OCCO3)cc1. The number of anilines is 1. The third kappa shape index (κ3) is 4.55. The van der Waals surface area contributed by atoms with Gasteiger partial charge in [-0.15, -0.1) is 0 Å². The topological polar surface area (TPSA) is 62.3 Å². The van der Waals surface area contributed by atoms with Crippen molar-refractivity contribution in [3.05, 3.63) is 48.0 Å². The van der Waals surface area contributed by atoms with Gasteiger partial charge in [0.1, 0.15) is 13.2 Å². The first-order valence-corrected chi connectivity index (χ1v) is 11.8. The number of aryl methyl sites for hydroxylation is 1. The molecular weight excluding hydrogens is 402 g/mol. The average Bonchev–Trinajstić information content (AvgIpc) is 2.75. The summed E-state index contributed by atoms with van der Waals surface area (Å²) in [5.41, 5.74) is 1.62. The molecule has 0 amide bonds. The summed E-state index contributed by atoms with van der Waals surface area (Å²) in [5.74, 6) is 1.24. The summed E-state index contributed by atoms with van der Waals surface area (Å²) >= 11 is 0. The Morgan fingerprint density at radius 2 is 1.60 bits per heavy atom. The summed E-state index contributed by atoms with van der Waals surface area (Å²) in [6.45, 7) is 7.83. The van der Waals surface area contributed by atoms with E-state index in [0.717, 1.165) is 31.7 Å². The Bertz CT molecular complexity index is 970. The highest BCUT2D eigenvalue weighted by Gasteiger charge is 2.27. The second kappa shape index (κ2) is 8.83. The van der Waals surface area contributed by atoms with E-state index in [9.17, 15) is 8.42 Å². The van der Waals surface area contributed by atoms with E-state index in [1.165, 1.54) is 4.31 Å². The van der Waals surface area contributed by atoms with Crippen LogP contribution in [0.15, 0.2) is 47.4 Å².